The van der Waals surface area contributed by atoms with Gasteiger partial charge in [-0.1, -0.05) is 5.16 Å². The lowest BCUT2D eigenvalue weighted by molar-refractivity contribution is -0.0185. The van der Waals surface area contributed by atoms with Gasteiger partial charge in [0, 0.05) is 19.2 Å². The molecule has 1 aliphatic heterocycles. The van der Waals surface area contributed by atoms with Gasteiger partial charge in [0.2, 0.25) is 0 Å². The third kappa shape index (κ3) is 3.17. The van der Waals surface area contributed by atoms with Crippen molar-refractivity contribution in [2.45, 2.75) is 38.3 Å². The Hall–Kier alpha value is -2.09. The first kappa shape index (κ1) is 15.8. The molecule has 0 aromatic carbocycles. The number of carboxylic acid groups (broad SMARTS) is 1. The molecule has 1 saturated carbocycles. The van der Waals surface area contributed by atoms with Crippen molar-refractivity contribution < 1.29 is 19.2 Å². The number of hydrogen-bond acceptors (Lipinski definition) is 5. The van der Waals surface area contributed by atoms with Crippen LogP contribution in [0, 0.1) is 5.41 Å². The van der Waals surface area contributed by atoms with Crippen LogP contribution in [-0.4, -0.2) is 53.3 Å². The fourth-order valence-electron chi connectivity index (χ4n) is 3.67. The van der Waals surface area contributed by atoms with E-state index in [2.05, 4.69) is 15.8 Å². The Morgan fingerprint density at radius 3 is 2.78 bits per heavy atom. The van der Waals surface area contributed by atoms with Crippen LogP contribution in [0.5, 0.6) is 0 Å². The first-order valence-electron chi connectivity index (χ1n) is 7.91. The van der Waals surface area contributed by atoms with E-state index in [4.69, 9.17) is 4.52 Å². The highest BCUT2D eigenvalue weighted by atomic mass is 16.5. The quantitative estimate of drug-likeness (QED) is 0.764. The Morgan fingerprint density at radius 2 is 2.17 bits per heavy atom. The minimum Gasteiger partial charge on any atom is -0.465 e. The monoisotopic (exact) mass is 322 g/mol. The van der Waals surface area contributed by atoms with Gasteiger partial charge in [0.1, 0.15) is 0 Å². The zero-order valence-corrected chi connectivity index (χ0v) is 13.2. The van der Waals surface area contributed by atoms with Crippen molar-refractivity contribution >= 4 is 12.0 Å². The zero-order valence-electron chi connectivity index (χ0n) is 13.2. The van der Waals surface area contributed by atoms with Crippen LogP contribution < -0.4 is 10.6 Å². The third-order valence-electron chi connectivity index (χ3n) is 5.03. The van der Waals surface area contributed by atoms with Crippen molar-refractivity contribution in [3.05, 3.63) is 17.5 Å². The summed E-state index contributed by atoms with van der Waals surface area (Å²) in [7, 11) is 1.51. The van der Waals surface area contributed by atoms with Gasteiger partial charge in [-0.05, 0) is 44.2 Å². The Morgan fingerprint density at radius 1 is 1.48 bits per heavy atom. The molecule has 1 aliphatic carbocycles. The molecule has 1 spiro atoms. The van der Waals surface area contributed by atoms with Crippen molar-refractivity contribution in [1.29, 1.82) is 0 Å². The summed E-state index contributed by atoms with van der Waals surface area (Å²) in [5.41, 5.74) is 0.467. The van der Waals surface area contributed by atoms with Crippen molar-refractivity contribution in [2.75, 3.05) is 20.1 Å². The summed E-state index contributed by atoms with van der Waals surface area (Å²) < 4.78 is 5.10. The van der Waals surface area contributed by atoms with Crippen LogP contribution in [-0.2, 0) is 6.54 Å². The van der Waals surface area contributed by atoms with E-state index in [0.717, 1.165) is 38.8 Å². The summed E-state index contributed by atoms with van der Waals surface area (Å²) in [4.78, 5) is 24.5. The van der Waals surface area contributed by atoms with Crippen LogP contribution in [0.25, 0.3) is 0 Å². The molecule has 0 radical (unpaired) electrons. The second kappa shape index (κ2) is 6.19. The second-order valence-electron chi connectivity index (χ2n) is 6.48. The first-order chi connectivity index (χ1) is 11.0. The fourth-order valence-corrected chi connectivity index (χ4v) is 3.67. The fraction of sp³-hybridized carbons (Fsp3) is 0.667. The van der Waals surface area contributed by atoms with Crippen LogP contribution in [0.4, 0.5) is 4.79 Å². The minimum absolute atomic E-state index is 0.0131. The molecule has 2 heterocycles. The average Bonchev–Trinajstić information content (AvgIpc) is 2.99. The molecule has 126 valence electrons. The normalized spacial score (nSPS) is 20.0. The molecule has 2 fully saturated rings. The summed E-state index contributed by atoms with van der Waals surface area (Å²) in [6.45, 7) is 2.15. The Kier molecular flexibility index (Phi) is 4.25. The smallest absolute Gasteiger partial charge is 0.407 e. The lowest BCUT2D eigenvalue weighted by atomic mass is 9.60. The van der Waals surface area contributed by atoms with E-state index in [0.29, 0.717) is 11.2 Å². The summed E-state index contributed by atoms with van der Waals surface area (Å²) in [5.74, 6) is 0.0384. The molecule has 1 aromatic heterocycles. The molecule has 0 bridgehead atoms. The van der Waals surface area contributed by atoms with Gasteiger partial charge in [0.15, 0.2) is 11.5 Å². The molecular formula is C15H22N4O4. The number of carbonyl (C=O) groups is 2. The van der Waals surface area contributed by atoms with E-state index >= 15 is 0 Å². The van der Waals surface area contributed by atoms with Gasteiger partial charge in [-0.3, -0.25) is 9.69 Å². The van der Waals surface area contributed by atoms with Crippen LogP contribution in [0.1, 0.15) is 41.9 Å². The Bertz CT molecular complexity index is 586. The van der Waals surface area contributed by atoms with Crippen LogP contribution in [0.15, 0.2) is 10.6 Å². The van der Waals surface area contributed by atoms with Crippen LogP contribution in [0.3, 0.4) is 0 Å². The van der Waals surface area contributed by atoms with E-state index in [1.54, 1.807) is 0 Å². The standard InChI is InChI=1S/C15H22N4O4/c1-16-13(20)12-6-11(23-18-12)9-19(14(21)22)10-7-15(8-10)2-4-17-5-3-15/h6,10,17H,2-5,7-9H2,1H3,(H,16,20)(H,21,22). The maximum Gasteiger partial charge on any atom is 0.407 e. The number of carbonyl (C=O) groups excluding carboxylic acids is 1. The van der Waals surface area contributed by atoms with Gasteiger partial charge < -0.3 is 20.3 Å². The predicted octanol–water partition coefficient (Wildman–Crippen LogP) is 1.05. The summed E-state index contributed by atoms with van der Waals surface area (Å²) >= 11 is 0. The van der Waals surface area contributed by atoms with Gasteiger partial charge in [-0.15, -0.1) is 0 Å². The number of nitrogens with zero attached hydrogens (tertiary/aromatic N) is 2. The highest BCUT2D eigenvalue weighted by molar-refractivity contribution is 5.91. The molecule has 1 aromatic rings. The van der Waals surface area contributed by atoms with Crippen molar-refractivity contribution in [3.8, 4) is 0 Å². The Balaban J connectivity index is 1.63. The molecule has 8 heteroatoms. The first-order valence-corrected chi connectivity index (χ1v) is 7.91. The summed E-state index contributed by atoms with van der Waals surface area (Å²) in [6, 6.07) is 1.51. The zero-order chi connectivity index (χ0) is 16.4. The number of piperidine rings is 1. The molecule has 3 N–H and O–H groups in total. The van der Waals surface area contributed by atoms with E-state index in [-0.39, 0.29) is 24.2 Å². The van der Waals surface area contributed by atoms with E-state index in [1.165, 1.54) is 18.0 Å². The molecule has 23 heavy (non-hydrogen) atoms. The van der Waals surface area contributed by atoms with E-state index in [9.17, 15) is 14.7 Å². The highest BCUT2D eigenvalue weighted by Crippen LogP contribution is 2.50. The third-order valence-corrected chi connectivity index (χ3v) is 5.03. The topological polar surface area (TPSA) is 108 Å². The number of aromatic nitrogens is 1. The van der Waals surface area contributed by atoms with Gasteiger partial charge in [0.25, 0.3) is 5.91 Å². The van der Waals surface area contributed by atoms with Gasteiger partial charge >= 0.3 is 6.09 Å². The van der Waals surface area contributed by atoms with Crippen LogP contribution >= 0.6 is 0 Å². The minimum atomic E-state index is -0.961. The molecule has 0 atom stereocenters. The largest absolute Gasteiger partial charge is 0.465 e. The predicted molar refractivity (Wildman–Crippen MR) is 81.0 cm³/mol. The molecule has 8 nitrogen and oxygen atoms in total. The number of nitrogens with one attached hydrogen (secondary N) is 2. The summed E-state index contributed by atoms with van der Waals surface area (Å²) in [5, 5.41) is 19.0. The lowest BCUT2D eigenvalue weighted by Crippen LogP contribution is -2.55. The highest BCUT2D eigenvalue weighted by Gasteiger charge is 2.48. The molecular weight excluding hydrogens is 300 g/mol. The van der Waals surface area contributed by atoms with Gasteiger partial charge in [-0.25, -0.2) is 4.79 Å². The van der Waals surface area contributed by atoms with Crippen molar-refractivity contribution in [2.24, 2.45) is 5.41 Å². The Labute approximate surface area is 134 Å². The average molecular weight is 322 g/mol. The lowest BCUT2D eigenvalue weighted by Gasteiger charge is -2.53. The molecule has 2 amide bonds. The maximum absolute atomic E-state index is 11.6. The summed E-state index contributed by atoms with van der Waals surface area (Å²) in [6.07, 6.45) is 3.06. The maximum atomic E-state index is 11.6. The molecule has 2 aliphatic rings. The van der Waals surface area contributed by atoms with E-state index in [1.807, 2.05) is 0 Å². The van der Waals surface area contributed by atoms with Gasteiger partial charge in [-0.2, -0.15) is 0 Å². The van der Waals surface area contributed by atoms with Crippen molar-refractivity contribution in [1.82, 2.24) is 20.7 Å². The van der Waals surface area contributed by atoms with Crippen LogP contribution in [0.2, 0.25) is 0 Å². The molecule has 3 rings (SSSR count). The van der Waals surface area contributed by atoms with E-state index < -0.39 is 6.09 Å². The molecule has 0 unspecified atom stereocenters. The number of hydrogen-bond donors (Lipinski definition) is 3. The van der Waals surface area contributed by atoms with Crippen molar-refractivity contribution in [3.63, 3.8) is 0 Å². The number of amides is 2. The second-order valence-corrected chi connectivity index (χ2v) is 6.48. The molecule has 1 saturated heterocycles. The van der Waals surface area contributed by atoms with Gasteiger partial charge in [0.05, 0.1) is 6.54 Å². The number of rotatable bonds is 4. The SMILES string of the molecule is CNC(=O)c1cc(CN(C(=O)O)C2CC3(CCNCC3)C2)on1.